The minimum absolute atomic E-state index is 0.0204. The monoisotopic (exact) mass is 761 g/mol. The molecule has 5 rings (SSSR count). The Kier molecular flexibility index (Phi) is 14.7. The minimum Gasteiger partial charge on any atom is -0.504 e. The lowest BCUT2D eigenvalue weighted by molar-refractivity contribution is -0.271. The number of aromatic hydroxyl groups is 1. The van der Waals surface area contributed by atoms with E-state index >= 15 is 0 Å². The van der Waals surface area contributed by atoms with Gasteiger partial charge in [0.15, 0.2) is 17.6 Å². The van der Waals surface area contributed by atoms with Crippen LogP contribution in [-0.4, -0.2) is 82.6 Å². The van der Waals surface area contributed by atoms with Crippen LogP contribution in [0.3, 0.4) is 0 Å². The molecule has 1 aliphatic heterocycles. The van der Waals surface area contributed by atoms with Crippen LogP contribution >= 0.6 is 7.26 Å². The SMILES string of the molecule is COc1c(O)c(CCCCCCCCCC[P+](c2ccccc2)(c2ccccc2)c2ccccc2)c(C)c(O[C@@H]2O[C@H](C(=O)O)[C@@H](O)[C@H](O)[C@H]2O)c1OC. The van der Waals surface area contributed by atoms with Gasteiger partial charge in [0, 0.05) is 11.1 Å². The number of hydrogen-bond donors (Lipinski definition) is 5. The standard InChI is InChI=1S/C43H53O10P/c1-29-33(34(44)39(50-2)41(51-3)38(29)52-43-37(47)35(45)36(46)40(53-43)42(48)49)27-19-8-6-4-5-7-9-20-28-54(30-21-13-10-14-22-30,31-23-15-11-16-24-31)32-25-17-12-18-26-32/h10-18,21-26,35-37,40,43,45-47H,4-9,19-20,27-28H2,1-3H3,(H-,44,48,49)/p+1/t35-,36-,37+,40-,43+/m0/s1. The van der Waals surface area contributed by atoms with Crippen LogP contribution in [0.2, 0.25) is 0 Å². The Morgan fingerprint density at radius 3 is 1.57 bits per heavy atom. The number of aliphatic hydroxyl groups is 3. The Labute approximate surface area is 318 Å². The van der Waals surface area contributed by atoms with Gasteiger partial charge in [-0.25, -0.2) is 4.79 Å². The molecule has 54 heavy (non-hydrogen) atoms. The number of ether oxygens (including phenoxy) is 4. The molecule has 0 radical (unpaired) electrons. The zero-order chi connectivity index (χ0) is 38.7. The molecule has 0 unspecified atom stereocenters. The molecule has 1 saturated heterocycles. The number of carboxylic acids is 1. The fourth-order valence-electron chi connectivity index (χ4n) is 7.51. The molecule has 0 aliphatic carbocycles. The van der Waals surface area contributed by atoms with Crippen molar-refractivity contribution in [3.05, 3.63) is 102 Å². The lowest BCUT2D eigenvalue weighted by Crippen LogP contribution is -2.61. The number of unbranched alkanes of at least 4 members (excludes halogenated alkanes) is 7. The van der Waals surface area contributed by atoms with E-state index in [4.69, 9.17) is 18.9 Å². The van der Waals surface area contributed by atoms with Crippen LogP contribution in [0.5, 0.6) is 23.0 Å². The van der Waals surface area contributed by atoms with Crippen LogP contribution < -0.4 is 30.1 Å². The Hall–Kier alpha value is -4.18. The highest BCUT2D eigenvalue weighted by Crippen LogP contribution is 2.56. The third kappa shape index (κ3) is 9.02. The summed E-state index contributed by atoms with van der Waals surface area (Å²) in [6.07, 6.45) is 1.22. The van der Waals surface area contributed by atoms with Gasteiger partial charge in [-0.05, 0) is 69.0 Å². The first-order chi connectivity index (χ1) is 26.1. The molecule has 1 heterocycles. The molecule has 1 aliphatic rings. The van der Waals surface area contributed by atoms with Gasteiger partial charge in [-0.2, -0.15) is 0 Å². The van der Waals surface area contributed by atoms with Crippen molar-refractivity contribution in [2.45, 2.75) is 95.4 Å². The summed E-state index contributed by atoms with van der Waals surface area (Å²) in [6.45, 7) is 1.71. The van der Waals surface area contributed by atoms with Crippen molar-refractivity contribution in [3.63, 3.8) is 0 Å². The molecule has 10 nitrogen and oxygen atoms in total. The number of phenolic OH excluding ortho intramolecular Hbond substituents is 1. The Morgan fingerprint density at radius 1 is 0.648 bits per heavy atom. The van der Waals surface area contributed by atoms with Gasteiger partial charge in [-0.15, -0.1) is 0 Å². The van der Waals surface area contributed by atoms with E-state index in [2.05, 4.69) is 91.0 Å². The third-order valence-corrected chi connectivity index (χ3v) is 14.9. The van der Waals surface area contributed by atoms with Crippen LogP contribution in [0.25, 0.3) is 0 Å². The van der Waals surface area contributed by atoms with E-state index in [0.29, 0.717) is 17.5 Å². The molecule has 5 atom stereocenters. The van der Waals surface area contributed by atoms with E-state index < -0.39 is 43.9 Å². The Morgan fingerprint density at radius 2 is 1.11 bits per heavy atom. The normalized spacial score (nSPS) is 20.0. The summed E-state index contributed by atoms with van der Waals surface area (Å²) in [7, 11) is 0.918. The summed E-state index contributed by atoms with van der Waals surface area (Å²) >= 11 is 0. The molecule has 0 bridgehead atoms. The van der Waals surface area contributed by atoms with Crippen molar-refractivity contribution < 1.29 is 49.3 Å². The molecule has 5 N–H and O–H groups in total. The molecule has 290 valence electrons. The van der Waals surface area contributed by atoms with Crippen LogP contribution in [0.15, 0.2) is 91.0 Å². The number of benzene rings is 4. The molecule has 4 aromatic rings. The second-order valence-corrected chi connectivity index (χ2v) is 17.4. The number of phenols is 1. The largest absolute Gasteiger partial charge is 0.504 e. The average molecular weight is 762 g/mol. The van der Waals surface area contributed by atoms with Crippen LogP contribution in [0.1, 0.15) is 62.5 Å². The van der Waals surface area contributed by atoms with E-state index in [1.54, 1.807) is 6.92 Å². The molecule has 0 amide bonds. The summed E-state index contributed by atoms with van der Waals surface area (Å²) < 4.78 is 22.2. The fourth-order valence-corrected chi connectivity index (χ4v) is 11.9. The zero-order valence-corrected chi connectivity index (χ0v) is 32.2. The van der Waals surface area contributed by atoms with E-state index in [1.807, 2.05) is 0 Å². The number of carbonyl (C=O) groups is 1. The first kappa shape index (κ1) is 41.0. The highest BCUT2D eigenvalue weighted by Gasteiger charge is 2.49. The van der Waals surface area contributed by atoms with E-state index in [9.17, 15) is 30.3 Å². The van der Waals surface area contributed by atoms with Gasteiger partial charge in [0.05, 0.1) is 20.4 Å². The third-order valence-electron chi connectivity index (χ3n) is 10.4. The molecular formula is C43H54O10P+. The summed E-state index contributed by atoms with van der Waals surface area (Å²) in [5, 5.41) is 55.8. The molecule has 11 heteroatoms. The van der Waals surface area contributed by atoms with Crippen molar-refractivity contribution >= 4 is 29.1 Å². The number of rotatable bonds is 19. The fraction of sp³-hybridized carbons (Fsp3) is 0.419. The van der Waals surface area contributed by atoms with E-state index in [-0.39, 0.29) is 23.0 Å². The topological polar surface area (TPSA) is 155 Å². The molecular weight excluding hydrogens is 707 g/mol. The molecule has 1 fully saturated rings. The number of methoxy groups -OCH3 is 2. The second-order valence-electron chi connectivity index (χ2n) is 13.8. The lowest BCUT2D eigenvalue weighted by atomic mass is 9.97. The number of carboxylic acid groups (broad SMARTS) is 1. The second kappa shape index (κ2) is 19.4. The summed E-state index contributed by atoms with van der Waals surface area (Å²) in [6, 6.07) is 33.0. The van der Waals surface area contributed by atoms with Gasteiger partial charge in [0.1, 0.15) is 41.5 Å². The minimum atomic E-state index is -1.86. The Balaban J connectivity index is 1.16. The predicted octanol–water partition coefficient (Wildman–Crippen LogP) is 5.65. The highest BCUT2D eigenvalue weighted by molar-refractivity contribution is 7.95. The summed E-state index contributed by atoms with van der Waals surface area (Å²) in [5.74, 6) is -1.50. The van der Waals surface area contributed by atoms with Crippen molar-refractivity contribution in [1.82, 2.24) is 0 Å². The Bertz CT molecular complexity index is 1680. The van der Waals surface area contributed by atoms with Gasteiger partial charge in [-0.1, -0.05) is 86.7 Å². The van der Waals surface area contributed by atoms with Crippen LogP contribution in [0, 0.1) is 6.92 Å². The van der Waals surface area contributed by atoms with Crippen molar-refractivity contribution in [1.29, 1.82) is 0 Å². The highest BCUT2D eigenvalue weighted by atomic mass is 31.2. The predicted molar refractivity (Wildman–Crippen MR) is 212 cm³/mol. The summed E-state index contributed by atoms with van der Waals surface area (Å²) in [4.78, 5) is 11.6. The molecule has 0 saturated carbocycles. The first-order valence-electron chi connectivity index (χ1n) is 18.8. The summed E-state index contributed by atoms with van der Waals surface area (Å²) in [5.41, 5.74) is 1.05. The maximum Gasteiger partial charge on any atom is 0.335 e. The lowest BCUT2D eigenvalue weighted by Gasteiger charge is -2.39. The maximum absolute atomic E-state index is 11.6. The maximum atomic E-state index is 11.6. The van der Waals surface area contributed by atoms with E-state index in [1.165, 1.54) is 36.6 Å². The van der Waals surface area contributed by atoms with Gasteiger partial charge >= 0.3 is 5.97 Å². The first-order valence-corrected chi connectivity index (χ1v) is 20.7. The van der Waals surface area contributed by atoms with Crippen molar-refractivity contribution in [2.75, 3.05) is 20.4 Å². The van der Waals surface area contributed by atoms with Crippen molar-refractivity contribution in [3.8, 4) is 23.0 Å². The zero-order valence-electron chi connectivity index (χ0n) is 31.3. The number of aliphatic hydroxyl groups excluding tert-OH is 3. The molecule has 0 aromatic heterocycles. The number of hydrogen-bond acceptors (Lipinski definition) is 9. The van der Waals surface area contributed by atoms with Crippen LogP contribution in [0.4, 0.5) is 0 Å². The smallest absolute Gasteiger partial charge is 0.335 e. The van der Waals surface area contributed by atoms with E-state index in [0.717, 1.165) is 51.1 Å². The molecule has 0 spiro atoms. The average Bonchev–Trinajstić information content (AvgIpc) is 3.19. The van der Waals surface area contributed by atoms with Crippen LogP contribution in [-0.2, 0) is 16.0 Å². The van der Waals surface area contributed by atoms with Gasteiger partial charge in [-0.3, -0.25) is 0 Å². The van der Waals surface area contributed by atoms with Gasteiger partial charge in [0.2, 0.25) is 17.8 Å². The van der Waals surface area contributed by atoms with Gasteiger partial charge < -0.3 is 44.5 Å². The quantitative estimate of drug-likeness (QED) is 0.0599. The van der Waals surface area contributed by atoms with Gasteiger partial charge in [0.25, 0.3) is 0 Å². The van der Waals surface area contributed by atoms with Crippen molar-refractivity contribution in [2.24, 2.45) is 0 Å². The number of aliphatic carboxylic acids is 1. The molecule has 4 aromatic carbocycles.